The number of carbonyl (C=O) groups excluding carboxylic acids is 1. The largest absolute Gasteiger partial charge is 0.493 e. The van der Waals surface area contributed by atoms with Gasteiger partial charge in [-0.3, -0.25) is 0 Å². The molecular formula is C30H41N5O4S. The molecular weight excluding hydrogens is 526 g/mol. The number of hydrogen-bond acceptors (Lipinski definition) is 8. The number of hydrogen-bond donors (Lipinski definition) is 1. The van der Waals surface area contributed by atoms with Crippen LogP contribution in [-0.2, 0) is 0 Å². The minimum Gasteiger partial charge on any atom is -0.493 e. The summed E-state index contributed by atoms with van der Waals surface area (Å²) in [7, 11) is 1.65. The lowest BCUT2D eigenvalue weighted by molar-refractivity contribution is 0.208. The summed E-state index contributed by atoms with van der Waals surface area (Å²) in [6.45, 7) is 11.6. The van der Waals surface area contributed by atoms with Gasteiger partial charge in [-0.05, 0) is 68.0 Å². The molecule has 2 aromatic carbocycles. The summed E-state index contributed by atoms with van der Waals surface area (Å²) >= 11 is 1.96. The predicted molar refractivity (Wildman–Crippen MR) is 163 cm³/mol. The molecule has 1 fully saturated rings. The number of methoxy groups -OCH3 is 1. The molecule has 0 spiro atoms. The van der Waals surface area contributed by atoms with Crippen molar-refractivity contribution < 1.29 is 19.0 Å². The van der Waals surface area contributed by atoms with Crippen molar-refractivity contribution in [3.05, 3.63) is 42.7 Å². The molecule has 10 heteroatoms. The Hall–Kier alpha value is -3.40. The van der Waals surface area contributed by atoms with Crippen molar-refractivity contribution in [3.8, 4) is 17.2 Å². The number of amides is 2. The molecule has 1 N–H and O–H groups in total. The van der Waals surface area contributed by atoms with Crippen molar-refractivity contribution in [2.45, 2.75) is 40.2 Å². The van der Waals surface area contributed by atoms with Crippen molar-refractivity contribution in [1.29, 1.82) is 0 Å². The molecule has 2 heterocycles. The van der Waals surface area contributed by atoms with Gasteiger partial charge in [0.05, 0.1) is 25.3 Å². The number of ether oxygens (including phenoxy) is 3. The van der Waals surface area contributed by atoms with E-state index in [9.17, 15) is 4.79 Å². The standard InChI is InChI=1S/C30H41N5O4S/c1-21(2)19-40-16-6-15-38-28-18-26-25(17-27(28)37-5)29(32-20-31-26)34-11-13-35(14-12-34)30(36)33-23-7-9-24(10-8-23)39-22(3)4/h7-10,17-18,20-22H,6,11-16,19H2,1-5H3,(H,33,36). The van der Waals surface area contributed by atoms with E-state index in [-0.39, 0.29) is 12.1 Å². The van der Waals surface area contributed by atoms with E-state index in [1.165, 1.54) is 5.75 Å². The van der Waals surface area contributed by atoms with Crippen molar-refractivity contribution in [2.24, 2.45) is 5.92 Å². The van der Waals surface area contributed by atoms with E-state index < -0.39 is 0 Å². The number of carbonyl (C=O) groups is 1. The maximum absolute atomic E-state index is 12.9. The van der Waals surface area contributed by atoms with E-state index in [4.69, 9.17) is 14.2 Å². The number of nitrogens with one attached hydrogen (secondary N) is 1. The molecule has 4 rings (SSSR count). The lowest BCUT2D eigenvalue weighted by Gasteiger charge is -2.35. The first-order chi connectivity index (χ1) is 19.3. The van der Waals surface area contributed by atoms with Crippen LogP contribution in [0.25, 0.3) is 10.9 Å². The molecule has 1 saturated heterocycles. The third-order valence-corrected chi connectivity index (χ3v) is 7.86. The zero-order chi connectivity index (χ0) is 28.5. The van der Waals surface area contributed by atoms with Crippen LogP contribution in [-0.4, -0.2) is 78.4 Å². The van der Waals surface area contributed by atoms with Crippen molar-refractivity contribution in [3.63, 3.8) is 0 Å². The summed E-state index contributed by atoms with van der Waals surface area (Å²) in [5.74, 6) is 5.92. The van der Waals surface area contributed by atoms with Gasteiger partial charge in [0.1, 0.15) is 17.9 Å². The summed E-state index contributed by atoms with van der Waals surface area (Å²) < 4.78 is 17.4. The van der Waals surface area contributed by atoms with Gasteiger partial charge in [-0.25, -0.2) is 14.8 Å². The van der Waals surface area contributed by atoms with E-state index in [0.29, 0.717) is 50.2 Å². The van der Waals surface area contributed by atoms with Crippen LogP contribution in [0.2, 0.25) is 0 Å². The smallest absolute Gasteiger partial charge is 0.321 e. The number of fused-ring (bicyclic) bond motifs is 1. The number of aromatic nitrogens is 2. The lowest BCUT2D eigenvalue weighted by Crippen LogP contribution is -2.50. The van der Waals surface area contributed by atoms with Crippen molar-refractivity contribution >= 4 is 40.2 Å². The van der Waals surface area contributed by atoms with Crippen LogP contribution in [0.1, 0.15) is 34.1 Å². The van der Waals surface area contributed by atoms with Gasteiger partial charge in [-0.2, -0.15) is 11.8 Å². The fourth-order valence-corrected chi connectivity index (χ4v) is 5.41. The Labute approximate surface area is 241 Å². The first-order valence-corrected chi connectivity index (χ1v) is 15.1. The fourth-order valence-electron chi connectivity index (χ4n) is 4.45. The van der Waals surface area contributed by atoms with Crippen molar-refractivity contribution in [2.75, 3.05) is 61.6 Å². The second kappa shape index (κ2) is 14.3. The number of thioether (sulfide) groups is 1. The second-order valence-electron chi connectivity index (χ2n) is 10.5. The zero-order valence-electron chi connectivity index (χ0n) is 24.2. The van der Waals surface area contributed by atoms with Gasteiger partial charge in [0.25, 0.3) is 0 Å². The molecule has 1 aliphatic heterocycles. The second-order valence-corrected chi connectivity index (χ2v) is 11.6. The topological polar surface area (TPSA) is 89.1 Å². The van der Waals surface area contributed by atoms with Crippen LogP contribution in [0.15, 0.2) is 42.7 Å². The third-order valence-electron chi connectivity index (χ3n) is 6.39. The molecule has 1 aliphatic rings. The van der Waals surface area contributed by atoms with Gasteiger partial charge in [-0.1, -0.05) is 13.8 Å². The first-order valence-electron chi connectivity index (χ1n) is 13.9. The molecule has 1 aromatic heterocycles. The summed E-state index contributed by atoms with van der Waals surface area (Å²) in [5.41, 5.74) is 1.55. The Balaban J connectivity index is 1.35. The Kier molecular flexibility index (Phi) is 10.6. The van der Waals surface area contributed by atoms with E-state index in [2.05, 4.69) is 34.0 Å². The lowest BCUT2D eigenvalue weighted by atomic mass is 10.2. The predicted octanol–water partition coefficient (Wildman–Crippen LogP) is 5.94. The molecule has 0 aliphatic carbocycles. The van der Waals surface area contributed by atoms with Gasteiger partial charge in [0, 0.05) is 43.3 Å². The van der Waals surface area contributed by atoms with Crippen LogP contribution in [0.5, 0.6) is 17.2 Å². The van der Waals surface area contributed by atoms with E-state index >= 15 is 0 Å². The minimum absolute atomic E-state index is 0.105. The fraction of sp³-hybridized carbons (Fsp3) is 0.500. The number of benzene rings is 2. The Morgan fingerprint density at radius 1 is 1.02 bits per heavy atom. The molecule has 0 radical (unpaired) electrons. The molecule has 0 unspecified atom stereocenters. The monoisotopic (exact) mass is 567 g/mol. The average molecular weight is 568 g/mol. The van der Waals surface area contributed by atoms with Gasteiger partial charge < -0.3 is 29.3 Å². The maximum atomic E-state index is 12.9. The van der Waals surface area contributed by atoms with E-state index in [0.717, 1.165) is 40.3 Å². The van der Waals surface area contributed by atoms with Crippen LogP contribution < -0.4 is 24.4 Å². The highest BCUT2D eigenvalue weighted by Crippen LogP contribution is 2.35. The number of urea groups is 1. The number of anilines is 2. The molecule has 0 saturated carbocycles. The average Bonchev–Trinajstić information content (AvgIpc) is 2.94. The Bertz CT molecular complexity index is 1250. The SMILES string of the molecule is COc1cc2c(N3CCN(C(=O)Nc4ccc(OC(C)C)cc4)CC3)ncnc2cc1OCCCSCC(C)C. The first kappa shape index (κ1) is 29.6. The van der Waals surface area contributed by atoms with Crippen LogP contribution >= 0.6 is 11.8 Å². The molecule has 3 aromatic rings. The van der Waals surface area contributed by atoms with E-state index in [1.54, 1.807) is 13.4 Å². The van der Waals surface area contributed by atoms with Gasteiger partial charge in [0.15, 0.2) is 11.5 Å². The van der Waals surface area contributed by atoms with Gasteiger partial charge in [0.2, 0.25) is 0 Å². The highest BCUT2D eigenvalue weighted by atomic mass is 32.2. The maximum Gasteiger partial charge on any atom is 0.321 e. The number of nitrogens with zero attached hydrogens (tertiary/aromatic N) is 4. The molecule has 2 amide bonds. The molecule has 0 atom stereocenters. The van der Waals surface area contributed by atoms with E-state index in [1.807, 2.05) is 66.9 Å². The molecule has 9 nitrogen and oxygen atoms in total. The molecule has 40 heavy (non-hydrogen) atoms. The highest BCUT2D eigenvalue weighted by molar-refractivity contribution is 7.99. The Morgan fingerprint density at radius 2 is 1.77 bits per heavy atom. The minimum atomic E-state index is -0.115. The van der Waals surface area contributed by atoms with Crippen LogP contribution in [0.4, 0.5) is 16.3 Å². The number of piperazine rings is 1. The third kappa shape index (κ3) is 8.06. The highest BCUT2D eigenvalue weighted by Gasteiger charge is 2.24. The van der Waals surface area contributed by atoms with Crippen LogP contribution in [0, 0.1) is 5.92 Å². The number of rotatable bonds is 12. The van der Waals surface area contributed by atoms with Crippen molar-refractivity contribution in [1.82, 2.24) is 14.9 Å². The Morgan fingerprint density at radius 3 is 2.45 bits per heavy atom. The molecule has 216 valence electrons. The van der Waals surface area contributed by atoms with Gasteiger partial charge >= 0.3 is 6.03 Å². The summed E-state index contributed by atoms with van der Waals surface area (Å²) in [4.78, 5) is 26.0. The summed E-state index contributed by atoms with van der Waals surface area (Å²) in [6.07, 6.45) is 2.67. The summed E-state index contributed by atoms with van der Waals surface area (Å²) in [6, 6.07) is 11.2. The molecule has 0 bridgehead atoms. The normalized spacial score (nSPS) is 13.7. The van der Waals surface area contributed by atoms with Gasteiger partial charge in [-0.15, -0.1) is 0 Å². The zero-order valence-corrected chi connectivity index (χ0v) is 25.0. The summed E-state index contributed by atoms with van der Waals surface area (Å²) in [5, 5.41) is 3.89. The quantitative estimate of drug-likeness (QED) is 0.269. The van der Waals surface area contributed by atoms with Crippen LogP contribution in [0.3, 0.4) is 0 Å².